The molecule has 0 radical (unpaired) electrons. The zero-order chi connectivity index (χ0) is 27.4. The molecule has 1 unspecified atom stereocenters. The lowest BCUT2D eigenvalue weighted by molar-refractivity contribution is -0.151. The monoisotopic (exact) mass is 528 g/mol. The lowest BCUT2D eigenvalue weighted by Gasteiger charge is -2.40. The molecule has 0 spiro atoms. The molecule has 2 aliphatic rings. The van der Waals surface area contributed by atoms with Crippen molar-refractivity contribution >= 4 is 20.6 Å². The van der Waals surface area contributed by atoms with E-state index in [2.05, 4.69) is 40.8 Å². The fourth-order valence-electron chi connectivity index (χ4n) is 4.64. The van der Waals surface area contributed by atoms with Crippen LogP contribution in [0.15, 0.2) is 54.1 Å². The molecule has 0 amide bonds. The van der Waals surface area contributed by atoms with Crippen LogP contribution in [0.2, 0.25) is 18.1 Å². The number of hydrogen-bond donors (Lipinski definition) is 0. The van der Waals surface area contributed by atoms with Crippen LogP contribution in [0.4, 0.5) is 0 Å². The van der Waals surface area contributed by atoms with Gasteiger partial charge in [-0.05, 0) is 56.5 Å². The molecule has 37 heavy (non-hydrogen) atoms. The van der Waals surface area contributed by atoms with Crippen LogP contribution >= 0.6 is 0 Å². The average molecular weight is 529 g/mol. The standard InChI is InChI=1S/C30H44O6Si/c1-21-14-15-25-30(6,35-28(33-25)23-12-10-9-11-13-23)18-16-24(36-37(7,8)29(3,4)5)20-26(32)34-27(21)22(2)17-19-31/h9-15,17,19,21,24-25,27-28H,16,18,20H2,1-8H3/t21-,24?,25-,27-,28-,30+/m0/s1. The highest BCUT2D eigenvalue weighted by Crippen LogP contribution is 2.44. The summed E-state index contributed by atoms with van der Waals surface area (Å²) >= 11 is 0. The number of esters is 1. The summed E-state index contributed by atoms with van der Waals surface area (Å²) in [5.41, 5.74) is 1.07. The van der Waals surface area contributed by atoms with Crippen molar-refractivity contribution in [2.45, 2.75) is 109 Å². The molecule has 2 aliphatic heterocycles. The van der Waals surface area contributed by atoms with Gasteiger partial charge >= 0.3 is 5.97 Å². The maximum Gasteiger partial charge on any atom is 0.308 e. The topological polar surface area (TPSA) is 71.1 Å². The third-order valence-electron chi connectivity index (χ3n) is 8.05. The molecule has 204 valence electrons. The summed E-state index contributed by atoms with van der Waals surface area (Å²) in [6, 6.07) is 9.94. The Balaban J connectivity index is 1.97. The van der Waals surface area contributed by atoms with Gasteiger partial charge in [0.1, 0.15) is 18.5 Å². The third-order valence-corrected chi connectivity index (χ3v) is 12.6. The van der Waals surface area contributed by atoms with Gasteiger partial charge < -0.3 is 18.6 Å². The second-order valence-corrected chi connectivity index (χ2v) is 16.9. The first-order chi connectivity index (χ1) is 17.3. The molecule has 1 aromatic carbocycles. The molecule has 0 aliphatic carbocycles. The molecule has 1 saturated heterocycles. The van der Waals surface area contributed by atoms with E-state index in [0.717, 1.165) is 11.8 Å². The second-order valence-electron chi connectivity index (χ2n) is 12.2. The highest BCUT2D eigenvalue weighted by atomic mass is 28.4. The summed E-state index contributed by atoms with van der Waals surface area (Å²) in [5, 5.41) is 0.00147. The molecular weight excluding hydrogens is 484 g/mol. The molecule has 1 fully saturated rings. The van der Waals surface area contributed by atoms with E-state index in [1.807, 2.05) is 56.3 Å². The van der Waals surface area contributed by atoms with E-state index in [-0.39, 0.29) is 35.6 Å². The zero-order valence-corrected chi connectivity index (χ0v) is 24.7. The Bertz CT molecular complexity index is 995. The molecule has 7 heteroatoms. The lowest BCUT2D eigenvalue weighted by atomic mass is 9.89. The Labute approximate surface area is 223 Å². The van der Waals surface area contributed by atoms with E-state index in [1.54, 1.807) is 0 Å². The van der Waals surface area contributed by atoms with Crippen LogP contribution < -0.4 is 0 Å². The van der Waals surface area contributed by atoms with E-state index in [4.69, 9.17) is 18.6 Å². The Hall–Kier alpha value is -2.06. The Morgan fingerprint density at radius 1 is 1.16 bits per heavy atom. The predicted octanol–water partition coefficient (Wildman–Crippen LogP) is 6.68. The minimum absolute atomic E-state index is 0.00147. The van der Waals surface area contributed by atoms with Crippen molar-refractivity contribution in [3.05, 3.63) is 59.7 Å². The van der Waals surface area contributed by atoms with Gasteiger partial charge in [-0.15, -0.1) is 0 Å². The van der Waals surface area contributed by atoms with Gasteiger partial charge in [0.2, 0.25) is 0 Å². The van der Waals surface area contributed by atoms with Crippen LogP contribution in [0.3, 0.4) is 0 Å². The van der Waals surface area contributed by atoms with Crippen LogP contribution in [0, 0.1) is 5.92 Å². The quantitative estimate of drug-likeness (QED) is 0.140. The van der Waals surface area contributed by atoms with Crippen LogP contribution in [0.1, 0.15) is 72.7 Å². The SMILES string of the molecule is CC(=CC=O)[C@H]1OC(=O)CC(O[Si](C)(C)C(C)(C)C)CC[C@@]2(C)O[C@@H](c3ccccc3)O[C@H]2C=C[C@@H]1C. The average Bonchev–Trinajstić information content (AvgIpc) is 3.15. The van der Waals surface area contributed by atoms with Gasteiger partial charge in [-0.2, -0.15) is 0 Å². The molecule has 0 saturated carbocycles. The van der Waals surface area contributed by atoms with E-state index < -0.39 is 26.3 Å². The van der Waals surface area contributed by atoms with Crippen molar-refractivity contribution in [3.63, 3.8) is 0 Å². The van der Waals surface area contributed by atoms with Crippen molar-refractivity contribution in [1.29, 1.82) is 0 Å². The van der Waals surface area contributed by atoms with Crippen molar-refractivity contribution in [1.82, 2.24) is 0 Å². The molecule has 0 N–H and O–H groups in total. The Kier molecular flexibility index (Phi) is 9.38. The molecule has 2 heterocycles. The van der Waals surface area contributed by atoms with Crippen molar-refractivity contribution < 1.29 is 28.2 Å². The lowest BCUT2D eigenvalue weighted by Crippen LogP contribution is -2.45. The molecule has 0 aromatic heterocycles. The Morgan fingerprint density at radius 2 is 1.84 bits per heavy atom. The minimum atomic E-state index is -2.15. The zero-order valence-electron chi connectivity index (χ0n) is 23.7. The number of cyclic esters (lactones) is 1. The van der Waals surface area contributed by atoms with E-state index >= 15 is 0 Å². The van der Waals surface area contributed by atoms with Gasteiger partial charge in [-0.25, -0.2) is 0 Å². The highest BCUT2D eigenvalue weighted by molar-refractivity contribution is 6.74. The van der Waals surface area contributed by atoms with Crippen LogP contribution in [0.5, 0.6) is 0 Å². The summed E-state index contributed by atoms with van der Waals surface area (Å²) in [4.78, 5) is 24.4. The molecule has 0 bridgehead atoms. The number of aldehydes is 1. The maximum absolute atomic E-state index is 13.2. The summed E-state index contributed by atoms with van der Waals surface area (Å²) in [6.45, 7) is 16.9. The van der Waals surface area contributed by atoms with Gasteiger partial charge in [-0.3, -0.25) is 9.59 Å². The number of carbonyl (C=O) groups is 2. The summed E-state index contributed by atoms with van der Waals surface area (Å²) in [5.74, 6) is -0.483. The number of ether oxygens (including phenoxy) is 3. The molecule has 1 aromatic rings. The first kappa shape index (κ1) is 29.5. The maximum atomic E-state index is 13.2. The third kappa shape index (κ3) is 7.28. The molecule has 3 rings (SSSR count). The number of fused-ring (bicyclic) bond motifs is 1. The van der Waals surface area contributed by atoms with Crippen LogP contribution in [0.25, 0.3) is 0 Å². The van der Waals surface area contributed by atoms with E-state index in [9.17, 15) is 9.59 Å². The Morgan fingerprint density at radius 3 is 2.46 bits per heavy atom. The number of rotatable bonds is 5. The van der Waals surface area contributed by atoms with Gasteiger partial charge in [0.15, 0.2) is 14.6 Å². The summed E-state index contributed by atoms with van der Waals surface area (Å²) in [7, 11) is -2.15. The number of carbonyl (C=O) groups excluding carboxylic acids is 2. The van der Waals surface area contributed by atoms with Crippen LogP contribution in [-0.2, 0) is 28.2 Å². The predicted molar refractivity (Wildman–Crippen MR) is 147 cm³/mol. The first-order valence-electron chi connectivity index (χ1n) is 13.3. The van der Waals surface area contributed by atoms with Crippen molar-refractivity contribution in [2.24, 2.45) is 5.92 Å². The minimum Gasteiger partial charge on any atom is -0.457 e. The number of hydrogen-bond acceptors (Lipinski definition) is 6. The van der Waals surface area contributed by atoms with Gasteiger partial charge in [-0.1, -0.05) is 70.2 Å². The number of allylic oxidation sites excluding steroid dienone is 1. The fourth-order valence-corrected chi connectivity index (χ4v) is 6.02. The van der Waals surface area contributed by atoms with Crippen LogP contribution in [-0.4, -0.2) is 44.5 Å². The van der Waals surface area contributed by atoms with Gasteiger partial charge in [0, 0.05) is 11.5 Å². The number of benzene rings is 1. The van der Waals surface area contributed by atoms with Crippen molar-refractivity contribution in [2.75, 3.05) is 0 Å². The molecule has 6 atom stereocenters. The smallest absolute Gasteiger partial charge is 0.308 e. The molecular formula is C30H44O6Si. The normalized spacial score (nSPS) is 32.2. The summed E-state index contributed by atoms with van der Waals surface area (Å²) < 4.78 is 25.7. The van der Waals surface area contributed by atoms with Gasteiger partial charge in [0.05, 0.1) is 18.1 Å². The van der Waals surface area contributed by atoms with E-state index in [0.29, 0.717) is 18.4 Å². The summed E-state index contributed by atoms with van der Waals surface area (Å²) in [6.07, 6.45) is 6.04. The molecule has 6 nitrogen and oxygen atoms in total. The van der Waals surface area contributed by atoms with Gasteiger partial charge in [0.25, 0.3) is 0 Å². The second kappa shape index (κ2) is 11.8. The highest BCUT2D eigenvalue weighted by Gasteiger charge is 2.47. The largest absolute Gasteiger partial charge is 0.457 e. The fraction of sp³-hybridized carbons (Fsp3) is 0.600. The van der Waals surface area contributed by atoms with E-state index in [1.165, 1.54) is 6.08 Å². The first-order valence-corrected chi connectivity index (χ1v) is 16.2. The van der Waals surface area contributed by atoms with Crippen molar-refractivity contribution in [3.8, 4) is 0 Å².